The largest absolute Gasteiger partial charge is 0.416 e. The molecule has 2 aliphatic rings. The van der Waals surface area contributed by atoms with Crippen molar-refractivity contribution >= 4 is 51.7 Å². The van der Waals surface area contributed by atoms with Gasteiger partial charge in [0, 0.05) is 13.0 Å². The van der Waals surface area contributed by atoms with Gasteiger partial charge in [-0.15, -0.1) is 0 Å². The molecule has 0 radical (unpaired) electrons. The molecule has 2 unspecified atom stereocenters. The lowest BCUT2D eigenvalue weighted by atomic mass is 10.1. The molecule has 2 aliphatic heterocycles. The molecule has 11 heteroatoms. The number of carbonyl (C=O) groups excluding carboxylic acids is 2. The molecule has 2 atom stereocenters. The smallest absolute Gasteiger partial charge is 0.376 e. The van der Waals surface area contributed by atoms with Crippen LogP contribution in [0.3, 0.4) is 0 Å². The van der Waals surface area contributed by atoms with E-state index < -0.39 is 22.9 Å². The van der Waals surface area contributed by atoms with E-state index in [1.807, 2.05) is 18.2 Å². The number of anilines is 1. The molecule has 1 N–H and O–H groups in total. The van der Waals surface area contributed by atoms with Crippen molar-refractivity contribution < 1.29 is 27.5 Å². The second-order valence-corrected chi connectivity index (χ2v) is 9.44. The summed E-state index contributed by atoms with van der Waals surface area (Å²) in [5.41, 5.74) is -0.430. The highest BCUT2D eigenvalue weighted by Crippen LogP contribution is 2.35. The minimum Gasteiger partial charge on any atom is -0.376 e. The van der Waals surface area contributed by atoms with Crippen molar-refractivity contribution in [2.45, 2.75) is 36.8 Å². The molecule has 0 spiro atoms. The predicted octanol–water partition coefficient (Wildman–Crippen LogP) is 5.50. The molecule has 0 aliphatic carbocycles. The van der Waals surface area contributed by atoms with Crippen molar-refractivity contribution in [1.29, 1.82) is 0 Å². The van der Waals surface area contributed by atoms with Crippen LogP contribution in [0.25, 0.3) is 0 Å². The van der Waals surface area contributed by atoms with Crippen LogP contribution in [0, 0.1) is 0 Å². The number of hydrogen-bond acceptors (Lipinski definition) is 5. The van der Waals surface area contributed by atoms with Gasteiger partial charge in [0.15, 0.2) is 5.17 Å². The Bertz CT molecular complexity index is 1090. The topological polar surface area (TPSA) is 71.0 Å². The van der Waals surface area contributed by atoms with Crippen LogP contribution in [-0.2, 0) is 20.5 Å². The van der Waals surface area contributed by atoms with Crippen molar-refractivity contribution in [3.05, 3.63) is 59.1 Å². The molecule has 0 bridgehead atoms. The number of ether oxygens (including phenoxy) is 1. The summed E-state index contributed by atoms with van der Waals surface area (Å²) in [6.07, 6.45) is -3.19. The maximum Gasteiger partial charge on any atom is 0.416 e. The van der Waals surface area contributed by atoms with Crippen LogP contribution in [0.5, 0.6) is 0 Å². The summed E-state index contributed by atoms with van der Waals surface area (Å²) in [6.45, 7) is 0.962. The molecular formula is C23H21ClF3N3O3S. The number of hydrogen-bond donors (Lipinski definition) is 1. The molecule has 2 amide bonds. The first kappa shape index (κ1) is 24.6. The zero-order chi connectivity index (χ0) is 24.3. The number of thioether (sulfide) groups is 1. The predicted molar refractivity (Wildman–Crippen MR) is 125 cm³/mol. The van der Waals surface area contributed by atoms with Crippen molar-refractivity contribution in [2.75, 3.05) is 18.5 Å². The number of amidine groups is 1. The zero-order valence-electron chi connectivity index (χ0n) is 17.8. The maximum absolute atomic E-state index is 13.1. The molecule has 0 saturated carbocycles. The molecule has 2 fully saturated rings. The third kappa shape index (κ3) is 5.92. The fraction of sp³-hybridized carbons (Fsp3) is 0.348. The second-order valence-electron chi connectivity index (χ2n) is 7.86. The minimum absolute atomic E-state index is 0.0295. The van der Waals surface area contributed by atoms with Crippen LogP contribution < -0.4 is 5.32 Å². The number of rotatable bonds is 6. The minimum atomic E-state index is -4.58. The van der Waals surface area contributed by atoms with E-state index >= 15 is 0 Å². The summed E-state index contributed by atoms with van der Waals surface area (Å²) >= 11 is 7.12. The Labute approximate surface area is 203 Å². The summed E-state index contributed by atoms with van der Waals surface area (Å²) in [7, 11) is 0. The summed E-state index contributed by atoms with van der Waals surface area (Å²) < 4.78 is 44.7. The second kappa shape index (κ2) is 10.4. The van der Waals surface area contributed by atoms with Crippen LogP contribution in [0.1, 0.15) is 24.8 Å². The Morgan fingerprint density at radius 3 is 2.68 bits per heavy atom. The highest BCUT2D eigenvalue weighted by molar-refractivity contribution is 8.15. The van der Waals surface area contributed by atoms with Crippen molar-refractivity contribution in [3.8, 4) is 0 Å². The molecule has 6 nitrogen and oxygen atoms in total. The molecule has 2 heterocycles. The Hall–Kier alpha value is -2.56. The van der Waals surface area contributed by atoms with Crippen molar-refractivity contribution in [3.63, 3.8) is 0 Å². The fourth-order valence-corrected chi connectivity index (χ4v) is 5.00. The van der Waals surface area contributed by atoms with E-state index in [9.17, 15) is 22.8 Å². The Kier molecular flexibility index (Phi) is 7.49. The van der Waals surface area contributed by atoms with Crippen LogP contribution in [0.2, 0.25) is 5.02 Å². The number of amides is 2. The first-order valence-electron chi connectivity index (χ1n) is 10.6. The molecule has 2 aromatic rings. The van der Waals surface area contributed by atoms with Crippen LogP contribution in [-0.4, -0.2) is 46.4 Å². The van der Waals surface area contributed by atoms with Gasteiger partial charge in [-0.25, -0.2) is 4.99 Å². The number of nitrogens with zero attached hydrogens (tertiary/aromatic N) is 2. The van der Waals surface area contributed by atoms with Crippen LogP contribution in [0.15, 0.2) is 53.5 Å². The molecule has 2 aromatic carbocycles. The summed E-state index contributed by atoms with van der Waals surface area (Å²) in [6, 6.07) is 11.8. The monoisotopic (exact) mass is 511 g/mol. The van der Waals surface area contributed by atoms with Gasteiger partial charge < -0.3 is 10.1 Å². The quantitative estimate of drug-likeness (QED) is 0.556. The summed E-state index contributed by atoms with van der Waals surface area (Å²) in [4.78, 5) is 31.9. The Balaban J connectivity index is 1.49. The normalized spacial score (nSPS) is 21.9. The van der Waals surface area contributed by atoms with Gasteiger partial charge in [0.2, 0.25) is 11.8 Å². The average Bonchev–Trinajstić information content (AvgIpc) is 3.40. The van der Waals surface area contributed by atoms with Gasteiger partial charge in [0.25, 0.3) is 0 Å². The van der Waals surface area contributed by atoms with E-state index in [2.05, 4.69) is 10.3 Å². The highest BCUT2D eigenvalue weighted by Gasteiger charge is 2.41. The SMILES string of the molecule is O=C(CC1SC(=Nc2ccccc2)N(CC2CCCO2)C1=O)Nc1cc(C(F)(F)F)ccc1Cl. The van der Waals surface area contributed by atoms with Gasteiger partial charge in [0.1, 0.15) is 5.25 Å². The first-order valence-corrected chi connectivity index (χ1v) is 11.9. The first-order chi connectivity index (χ1) is 16.2. The number of para-hydroxylation sites is 1. The van der Waals surface area contributed by atoms with E-state index in [1.54, 1.807) is 12.1 Å². The van der Waals surface area contributed by atoms with Crippen LogP contribution >= 0.6 is 23.4 Å². The Morgan fingerprint density at radius 2 is 2.00 bits per heavy atom. The van der Waals surface area contributed by atoms with Gasteiger partial charge in [-0.05, 0) is 43.2 Å². The number of halogens is 4. The molecule has 4 rings (SSSR count). The summed E-state index contributed by atoms with van der Waals surface area (Å²) in [5, 5.41) is 2.06. The number of carbonyl (C=O) groups is 2. The zero-order valence-corrected chi connectivity index (χ0v) is 19.4. The lowest BCUT2D eigenvalue weighted by Crippen LogP contribution is -2.38. The average molecular weight is 512 g/mol. The molecule has 2 saturated heterocycles. The maximum atomic E-state index is 13.1. The van der Waals surface area contributed by atoms with Gasteiger partial charge in [-0.2, -0.15) is 13.2 Å². The number of benzene rings is 2. The van der Waals surface area contributed by atoms with Crippen LogP contribution in [0.4, 0.5) is 24.5 Å². The summed E-state index contributed by atoms with van der Waals surface area (Å²) in [5.74, 6) is -0.912. The standard InChI is InChI=1S/C23H21ClF3N3O3S/c24-17-9-8-14(23(25,26)27)11-18(17)29-20(31)12-19-21(32)30(13-16-7-4-10-33-16)22(34-19)28-15-5-2-1-3-6-15/h1-3,5-6,8-9,11,16,19H,4,7,10,12-13H2,(H,29,31). The number of alkyl halides is 3. The lowest BCUT2D eigenvalue weighted by Gasteiger charge is -2.20. The van der Waals surface area contributed by atoms with Gasteiger partial charge in [-0.3, -0.25) is 14.5 Å². The van der Waals surface area contributed by atoms with Gasteiger partial charge >= 0.3 is 6.18 Å². The van der Waals surface area contributed by atoms with E-state index in [0.29, 0.717) is 24.0 Å². The van der Waals surface area contributed by atoms with Gasteiger partial charge in [-0.1, -0.05) is 41.6 Å². The number of nitrogens with one attached hydrogen (secondary N) is 1. The lowest BCUT2D eigenvalue weighted by molar-refractivity contribution is -0.137. The van der Waals surface area contributed by atoms with Crippen molar-refractivity contribution in [2.24, 2.45) is 4.99 Å². The van der Waals surface area contributed by atoms with E-state index in [1.165, 1.54) is 4.90 Å². The molecule has 34 heavy (non-hydrogen) atoms. The molecular weight excluding hydrogens is 491 g/mol. The highest BCUT2D eigenvalue weighted by atomic mass is 35.5. The third-order valence-electron chi connectivity index (χ3n) is 5.35. The molecule has 0 aromatic heterocycles. The third-order valence-corrected chi connectivity index (χ3v) is 6.85. The van der Waals surface area contributed by atoms with E-state index in [4.69, 9.17) is 16.3 Å². The molecule has 180 valence electrons. The fourth-order valence-electron chi connectivity index (χ4n) is 3.67. The van der Waals surface area contributed by atoms with E-state index in [-0.39, 0.29) is 29.1 Å². The van der Waals surface area contributed by atoms with E-state index in [0.717, 1.165) is 42.8 Å². The van der Waals surface area contributed by atoms with Crippen molar-refractivity contribution in [1.82, 2.24) is 4.90 Å². The van der Waals surface area contributed by atoms with Gasteiger partial charge in [0.05, 0.1) is 34.6 Å². The Morgan fingerprint density at radius 1 is 1.24 bits per heavy atom. The number of aliphatic imine (C=N–C) groups is 1.